The summed E-state index contributed by atoms with van der Waals surface area (Å²) in [5.41, 5.74) is 1.06. The van der Waals surface area contributed by atoms with Gasteiger partial charge < -0.3 is 4.74 Å². The van der Waals surface area contributed by atoms with E-state index in [1.54, 1.807) is 11.3 Å². The summed E-state index contributed by atoms with van der Waals surface area (Å²) in [7, 11) is 0. The molecule has 3 aromatic rings. The van der Waals surface area contributed by atoms with Crippen molar-refractivity contribution < 1.29 is 4.74 Å². The van der Waals surface area contributed by atoms with Gasteiger partial charge in [-0.3, -0.25) is 0 Å². The minimum Gasteiger partial charge on any atom is -0.472 e. The van der Waals surface area contributed by atoms with Gasteiger partial charge in [0.25, 0.3) is 0 Å². The Kier molecular flexibility index (Phi) is 3.13. The van der Waals surface area contributed by atoms with Crippen LogP contribution in [0.4, 0.5) is 0 Å². The summed E-state index contributed by atoms with van der Waals surface area (Å²) in [5, 5.41) is 3.66. The highest BCUT2D eigenvalue weighted by atomic mass is 35.5. The first-order valence-electron chi connectivity index (χ1n) is 5.38. The normalized spacial score (nSPS) is 10.7. The highest BCUT2D eigenvalue weighted by molar-refractivity contribution is 7.16. The Morgan fingerprint density at radius 3 is 2.78 bits per heavy atom. The molecular formula is C13H9ClN2OS. The highest BCUT2D eigenvalue weighted by Crippen LogP contribution is 2.26. The first-order chi connectivity index (χ1) is 8.83. The van der Waals surface area contributed by atoms with E-state index in [4.69, 9.17) is 16.3 Å². The van der Waals surface area contributed by atoms with Gasteiger partial charge in [0.05, 0.1) is 5.39 Å². The number of aromatic nitrogens is 2. The summed E-state index contributed by atoms with van der Waals surface area (Å²) in [6.45, 7) is 0.471. The quantitative estimate of drug-likeness (QED) is 0.727. The molecule has 3 nitrogen and oxygen atoms in total. The molecular weight excluding hydrogens is 268 g/mol. The predicted molar refractivity (Wildman–Crippen MR) is 73.2 cm³/mol. The van der Waals surface area contributed by atoms with Gasteiger partial charge in [-0.05, 0) is 29.1 Å². The Morgan fingerprint density at radius 2 is 1.94 bits per heavy atom. The molecule has 1 aromatic carbocycles. The first-order valence-corrected chi connectivity index (χ1v) is 6.64. The highest BCUT2D eigenvalue weighted by Gasteiger charge is 2.05. The lowest BCUT2D eigenvalue weighted by molar-refractivity contribution is 0.297. The van der Waals surface area contributed by atoms with Crippen molar-refractivity contribution in [3.05, 3.63) is 52.6 Å². The van der Waals surface area contributed by atoms with Gasteiger partial charge in [-0.25, -0.2) is 9.97 Å². The molecule has 0 fully saturated rings. The average molecular weight is 277 g/mol. The van der Waals surface area contributed by atoms with Crippen LogP contribution in [-0.2, 0) is 6.61 Å². The van der Waals surface area contributed by atoms with Crippen LogP contribution in [0, 0.1) is 0 Å². The molecule has 0 saturated heterocycles. The van der Waals surface area contributed by atoms with Crippen molar-refractivity contribution >= 4 is 33.2 Å². The molecule has 5 heteroatoms. The van der Waals surface area contributed by atoms with Crippen LogP contribution in [0.2, 0.25) is 5.02 Å². The fourth-order valence-corrected chi connectivity index (χ4v) is 2.46. The number of benzene rings is 1. The molecule has 0 bridgehead atoms. The van der Waals surface area contributed by atoms with Crippen molar-refractivity contribution in [1.29, 1.82) is 0 Å². The van der Waals surface area contributed by atoms with Crippen molar-refractivity contribution in [2.75, 3.05) is 0 Å². The average Bonchev–Trinajstić information content (AvgIpc) is 2.87. The SMILES string of the molecule is Clc1ccc(COc2ncnc3sccc23)cc1. The van der Waals surface area contributed by atoms with Crippen molar-refractivity contribution in [3.8, 4) is 5.88 Å². The molecule has 18 heavy (non-hydrogen) atoms. The van der Waals surface area contributed by atoms with Gasteiger partial charge in [-0.2, -0.15) is 0 Å². The third-order valence-electron chi connectivity index (χ3n) is 2.51. The van der Waals surface area contributed by atoms with E-state index in [1.165, 1.54) is 6.33 Å². The van der Waals surface area contributed by atoms with Gasteiger partial charge in [-0.15, -0.1) is 11.3 Å². The first kappa shape index (κ1) is 11.4. The van der Waals surface area contributed by atoms with Crippen molar-refractivity contribution in [3.63, 3.8) is 0 Å². The molecule has 0 atom stereocenters. The van der Waals surface area contributed by atoms with Crippen LogP contribution in [0.25, 0.3) is 10.2 Å². The van der Waals surface area contributed by atoms with E-state index in [0.717, 1.165) is 20.8 Å². The largest absolute Gasteiger partial charge is 0.472 e. The van der Waals surface area contributed by atoms with Crippen LogP contribution < -0.4 is 4.74 Å². The number of thiophene rings is 1. The minimum absolute atomic E-state index is 0.471. The van der Waals surface area contributed by atoms with Gasteiger partial charge in [0.1, 0.15) is 17.8 Å². The van der Waals surface area contributed by atoms with Crippen LogP contribution in [0.15, 0.2) is 42.0 Å². The maximum atomic E-state index is 5.83. The number of ether oxygens (including phenoxy) is 1. The number of nitrogens with zero attached hydrogens (tertiary/aromatic N) is 2. The maximum Gasteiger partial charge on any atom is 0.225 e. The molecule has 0 unspecified atom stereocenters. The van der Waals surface area contributed by atoms with E-state index < -0.39 is 0 Å². The van der Waals surface area contributed by atoms with Gasteiger partial charge >= 0.3 is 0 Å². The molecule has 0 saturated carbocycles. The van der Waals surface area contributed by atoms with Crippen LogP contribution >= 0.6 is 22.9 Å². The molecule has 0 N–H and O–H groups in total. The lowest BCUT2D eigenvalue weighted by Crippen LogP contribution is -1.97. The molecule has 0 spiro atoms. The summed E-state index contributed by atoms with van der Waals surface area (Å²) in [5.74, 6) is 0.621. The van der Waals surface area contributed by atoms with Crippen LogP contribution in [0.5, 0.6) is 5.88 Å². The van der Waals surface area contributed by atoms with Gasteiger partial charge in [0.2, 0.25) is 5.88 Å². The van der Waals surface area contributed by atoms with E-state index in [1.807, 2.05) is 35.7 Å². The standard InChI is InChI=1S/C13H9ClN2OS/c14-10-3-1-9(2-4-10)7-17-12-11-5-6-18-13(11)16-8-15-12/h1-6,8H,7H2. The summed E-state index contributed by atoms with van der Waals surface area (Å²) < 4.78 is 5.72. The third-order valence-corrected chi connectivity index (χ3v) is 3.59. The zero-order chi connectivity index (χ0) is 12.4. The topological polar surface area (TPSA) is 35.0 Å². The summed E-state index contributed by atoms with van der Waals surface area (Å²) >= 11 is 7.41. The van der Waals surface area contributed by atoms with Gasteiger partial charge in [-0.1, -0.05) is 23.7 Å². The zero-order valence-corrected chi connectivity index (χ0v) is 10.9. The molecule has 0 aliphatic carbocycles. The van der Waals surface area contributed by atoms with Crippen molar-refractivity contribution in [2.24, 2.45) is 0 Å². The molecule has 2 heterocycles. The third kappa shape index (κ3) is 2.30. The Hall–Kier alpha value is -1.65. The number of rotatable bonds is 3. The van der Waals surface area contributed by atoms with E-state index in [9.17, 15) is 0 Å². The zero-order valence-electron chi connectivity index (χ0n) is 9.34. The van der Waals surface area contributed by atoms with Crippen LogP contribution in [0.1, 0.15) is 5.56 Å². The van der Waals surface area contributed by atoms with Crippen LogP contribution in [0.3, 0.4) is 0 Å². The van der Waals surface area contributed by atoms with E-state index >= 15 is 0 Å². The lowest BCUT2D eigenvalue weighted by Gasteiger charge is -2.05. The summed E-state index contributed by atoms with van der Waals surface area (Å²) in [6, 6.07) is 9.54. The maximum absolute atomic E-state index is 5.83. The van der Waals surface area contributed by atoms with E-state index in [0.29, 0.717) is 12.5 Å². The Morgan fingerprint density at radius 1 is 1.11 bits per heavy atom. The Bertz CT molecular complexity index is 666. The van der Waals surface area contributed by atoms with Gasteiger partial charge in [0.15, 0.2) is 0 Å². The number of fused-ring (bicyclic) bond motifs is 1. The molecule has 0 aliphatic heterocycles. The molecule has 0 aliphatic rings. The Labute approximate surface area is 113 Å². The Balaban J connectivity index is 1.80. The molecule has 90 valence electrons. The number of hydrogen-bond acceptors (Lipinski definition) is 4. The second-order valence-electron chi connectivity index (χ2n) is 3.73. The van der Waals surface area contributed by atoms with Crippen molar-refractivity contribution in [2.45, 2.75) is 6.61 Å². The van der Waals surface area contributed by atoms with Crippen molar-refractivity contribution in [1.82, 2.24) is 9.97 Å². The number of hydrogen-bond donors (Lipinski definition) is 0. The second kappa shape index (κ2) is 4.92. The summed E-state index contributed by atoms with van der Waals surface area (Å²) in [6.07, 6.45) is 1.52. The lowest BCUT2D eigenvalue weighted by atomic mass is 10.2. The molecule has 0 radical (unpaired) electrons. The van der Waals surface area contributed by atoms with Crippen LogP contribution in [-0.4, -0.2) is 9.97 Å². The van der Waals surface area contributed by atoms with E-state index in [2.05, 4.69) is 9.97 Å². The fourth-order valence-electron chi connectivity index (χ4n) is 1.61. The molecule has 0 amide bonds. The molecule has 2 aromatic heterocycles. The monoisotopic (exact) mass is 276 g/mol. The predicted octanol–water partition coefficient (Wildman–Crippen LogP) is 3.92. The number of halogens is 1. The fraction of sp³-hybridized carbons (Fsp3) is 0.0769. The molecule has 3 rings (SSSR count). The van der Waals surface area contributed by atoms with E-state index in [-0.39, 0.29) is 0 Å². The summed E-state index contributed by atoms with van der Waals surface area (Å²) in [4.78, 5) is 9.28. The minimum atomic E-state index is 0.471. The van der Waals surface area contributed by atoms with Gasteiger partial charge in [0, 0.05) is 5.02 Å². The second-order valence-corrected chi connectivity index (χ2v) is 5.06. The smallest absolute Gasteiger partial charge is 0.225 e.